The number of para-hydroxylation sites is 3. The van der Waals surface area contributed by atoms with E-state index < -0.39 is 6.55 Å². The van der Waals surface area contributed by atoms with Crippen LogP contribution in [0, 0.1) is 0 Å². The number of hydrogen-bond donors (Lipinski definition) is 0. The molecule has 0 bridgehead atoms. The van der Waals surface area contributed by atoms with Crippen LogP contribution in [-0.4, -0.2) is 24.1 Å². The van der Waals surface area contributed by atoms with Crippen molar-refractivity contribution >= 4 is 33.7 Å². The molecule has 0 aliphatic carbocycles. The number of fused-ring (bicyclic) bond motifs is 2. The fourth-order valence-electron chi connectivity index (χ4n) is 3.61. The van der Waals surface area contributed by atoms with Crippen LogP contribution in [0.3, 0.4) is 0 Å². The largest absolute Gasteiger partial charge is 0.320 e. The molecule has 160 valence electrons. The monoisotopic (exact) mass is 449 g/mol. The minimum Gasteiger partial charge on any atom is -0.283 e. The van der Waals surface area contributed by atoms with Crippen molar-refractivity contribution in [1.82, 2.24) is 24.1 Å². The molecule has 0 aliphatic rings. The van der Waals surface area contributed by atoms with E-state index in [-0.39, 0.29) is 23.7 Å². The van der Waals surface area contributed by atoms with Crippen LogP contribution >= 0.6 is 11.8 Å². The van der Waals surface area contributed by atoms with E-state index in [4.69, 9.17) is 0 Å². The summed E-state index contributed by atoms with van der Waals surface area (Å²) in [6.45, 7) is -2.45. The molecule has 3 aromatic heterocycles. The van der Waals surface area contributed by atoms with Gasteiger partial charge in [-0.15, -0.1) is 0 Å². The molecule has 32 heavy (non-hydrogen) atoms. The summed E-state index contributed by atoms with van der Waals surface area (Å²) in [5.41, 5.74) is 2.09. The SMILES string of the molecule is O=c1c2ccccc2nc(SCc2nc3ccccc3n2C(F)F)n1Cc1cccnc1. The molecule has 5 aromatic rings. The van der Waals surface area contributed by atoms with E-state index in [2.05, 4.69) is 15.0 Å². The average molecular weight is 449 g/mol. The van der Waals surface area contributed by atoms with Gasteiger partial charge >= 0.3 is 6.55 Å². The van der Waals surface area contributed by atoms with Gasteiger partial charge in [-0.25, -0.2) is 9.97 Å². The van der Waals surface area contributed by atoms with Gasteiger partial charge in [0.15, 0.2) is 5.16 Å². The fraction of sp³-hybridized carbons (Fsp3) is 0.130. The maximum absolute atomic E-state index is 13.8. The molecule has 6 nitrogen and oxygen atoms in total. The number of aromatic nitrogens is 5. The van der Waals surface area contributed by atoms with Gasteiger partial charge in [-0.1, -0.05) is 42.1 Å². The third-order valence-corrected chi connectivity index (χ3v) is 6.06. The first-order valence-corrected chi connectivity index (χ1v) is 10.9. The van der Waals surface area contributed by atoms with Crippen molar-refractivity contribution < 1.29 is 8.78 Å². The van der Waals surface area contributed by atoms with Crippen LogP contribution in [0.2, 0.25) is 0 Å². The standard InChI is InChI=1S/C23H17F2N5OS/c24-22(25)30-19-10-4-3-9-18(19)27-20(30)14-32-23-28-17-8-2-1-7-16(17)21(31)29(23)13-15-6-5-11-26-12-15/h1-12,22H,13-14H2. The van der Waals surface area contributed by atoms with Crippen LogP contribution < -0.4 is 5.56 Å². The summed E-state index contributed by atoms with van der Waals surface area (Å²) in [6.07, 6.45) is 3.35. The van der Waals surface area contributed by atoms with Crippen molar-refractivity contribution in [3.63, 3.8) is 0 Å². The fourth-order valence-corrected chi connectivity index (χ4v) is 4.54. The molecule has 0 N–H and O–H groups in total. The molecule has 0 saturated carbocycles. The number of thioether (sulfide) groups is 1. The van der Waals surface area contributed by atoms with E-state index in [0.29, 0.717) is 27.1 Å². The van der Waals surface area contributed by atoms with Crippen molar-refractivity contribution in [1.29, 1.82) is 0 Å². The minimum atomic E-state index is -2.72. The molecular formula is C23H17F2N5OS. The van der Waals surface area contributed by atoms with E-state index in [0.717, 1.165) is 10.1 Å². The molecule has 2 aromatic carbocycles. The van der Waals surface area contributed by atoms with Gasteiger partial charge in [-0.3, -0.25) is 18.9 Å². The Labute approximate surface area is 185 Å². The Kier molecular flexibility index (Phi) is 5.40. The Morgan fingerprint density at radius 2 is 1.72 bits per heavy atom. The maximum Gasteiger partial charge on any atom is 0.320 e. The quantitative estimate of drug-likeness (QED) is 0.273. The summed E-state index contributed by atoms with van der Waals surface area (Å²) < 4.78 is 30.1. The normalized spacial score (nSPS) is 11.6. The highest BCUT2D eigenvalue weighted by atomic mass is 32.2. The van der Waals surface area contributed by atoms with Gasteiger partial charge in [-0.2, -0.15) is 8.78 Å². The third kappa shape index (κ3) is 3.75. The van der Waals surface area contributed by atoms with Crippen LogP contribution in [0.25, 0.3) is 21.9 Å². The highest BCUT2D eigenvalue weighted by molar-refractivity contribution is 7.98. The molecule has 3 heterocycles. The first-order chi connectivity index (χ1) is 15.6. The molecule has 5 rings (SSSR count). The van der Waals surface area contributed by atoms with Crippen LogP contribution in [0.1, 0.15) is 17.9 Å². The number of hydrogen-bond acceptors (Lipinski definition) is 5. The minimum absolute atomic E-state index is 0.136. The Morgan fingerprint density at radius 3 is 2.50 bits per heavy atom. The second-order valence-electron chi connectivity index (χ2n) is 7.12. The van der Waals surface area contributed by atoms with E-state index in [9.17, 15) is 13.6 Å². The van der Waals surface area contributed by atoms with Crippen LogP contribution in [-0.2, 0) is 12.3 Å². The Hall–Kier alpha value is -3.59. The molecule has 0 unspecified atom stereocenters. The van der Waals surface area contributed by atoms with Gasteiger partial charge in [0, 0.05) is 12.4 Å². The number of alkyl halides is 2. The molecule has 0 saturated heterocycles. The summed E-state index contributed by atoms with van der Waals surface area (Å²) in [7, 11) is 0. The smallest absolute Gasteiger partial charge is 0.283 e. The second-order valence-corrected chi connectivity index (χ2v) is 8.06. The summed E-state index contributed by atoms with van der Waals surface area (Å²) in [6, 6.07) is 17.6. The highest BCUT2D eigenvalue weighted by Gasteiger charge is 2.19. The number of nitrogens with zero attached hydrogens (tertiary/aromatic N) is 5. The van der Waals surface area contributed by atoms with E-state index in [1.54, 1.807) is 65.5 Å². The van der Waals surface area contributed by atoms with Crippen molar-refractivity contribution in [3.8, 4) is 0 Å². The number of rotatable bonds is 6. The molecule has 9 heteroatoms. The predicted octanol–water partition coefficient (Wildman–Crippen LogP) is 4.88. The van der Waals surface area contributed by atoms with Gasteiger partial charge in [0.2, 0.25) is 0 Å². The van der Waals surface area contributed by atoms with Gasteiger partial charge in [-0.05, 0) is 35.9 Å². The lowest BCUT2D eigenvalue weighted by Gasteiger charge is -2.13. The summed E-state index contributed by atoms with van der Waals surface area (Å²) in [5.74, 6) is 0.359. The predicted molar refractivity (Wildman–Crippen MR) is 120 cm³/mol. The summed E-state index contributed by atoms with van der Waals surface area (Å²) >= 11 is 1.21. The molecule has 0 atom stereocenters. The van der Waals surface area contributed by atoms with Crippen LogP contribution in [0.4, 0.5) is 8.78 Å². The molecule has 0 fully saturated rings. The van der Waals surface area contributed by atoms with Crippen molar-refractivity contribution in [2.45, 2.75) is 24.0 Å². The van der Waals surface area contributed by atoms with E-state index >= 15 is 0 Å². The third-order valence-electron chi connectivity index (χ3n) is 5.08. The van der Waals surface area contributed by atoms with E-state index in [1.807, 2.05) is 12.1 Å². The topological polar surface area (TPSA) is 65.6 Å². The number of pyridine rings is 1. The zero-order valence-electron chi connectivity index (χ0n) is 16.7. The molecule has 0 spiro atoms. The lowest BCUT2D eigenvalue weighted by atomic mass is 10.2. The number of halogens is 2. The van der Waals surface area contributed by atoms with Gasteiger partial charge in [0.05, 0.1) is 34.2 Å². The Morgan fingerprint density at radius 1 is 0.938 bits per heavy atom. The van der Waals surface area contributed by atoms with Crippen LogP contribution in [0.5, 0.6) is 0 Å². The summed E-state index contributed by atoms with van der Waals surface area (Å²) in [5, 5.41) is 0.936. The van der Waals surface area contributed by atoms with Gasteiger partial charge in [0.25, 0.3) is 5.56 Å². The van der Waals surface area contributed by atoms with Gasteiger partial charge < -0.3 is 0 Å². The first-order valence-electron chi connectivity index (χ1n) is 9.87. The van der Waals surface area contributed by atoms with Crippen molar-refractivity contribution in [3.05, 3.63) is 94.8 Å². The lowest BCUT2D eigenvalue weighted by Crippen LogP contribution is -2.24. The first kappa shape index (κ1) is 20.3. The summed E-state index contributed by atoms with van der Waals surface area (Å²) in [4.78, 5) is 26.4. The molecule has 0 amide bonds. The second kappa shape index (κ2) is 8.51. The molecular weight excluding hydrogens is 432 g/mol. The van der Waals surface area contributed by atoms with Crippen LogP contribution in [0.15, 0.2) is 83.0 Å². The van der Waals surface area contributed by atoms with Crippen molar-refractivity contribution in [2.75, 3.05) is 0 Å². The van der Waals surface area contributed by atoms with E-state index in [1.165, 1.54) is 11.8 Å². The highest BCUT2D eigenvalue weighted by Crippen LogP contribution is 2.28. The Balaban J connectivity index is 1.57. The van der Waals surface area contributed by atoms with Gasteiger partial charge in [0.1, 0.15) is 5.82 Å². The maximum atomic E-state index is 13.8. The lowest BCUT2D eigenvalue weighted by molar-refractivity contribution is 0.0722. The molecule has 0 radical (unpaired) electrons. The number of imidazole rings is 1. The number of benzene rings is 2. The van der Waals surface area contributed by atoms with Crippen molar-refractivity contribution in [2.24, 2.45) is 0 Å². The Bertz CT molecular complexity index is 1470. The zero-order chi connectivity index (χ0) is 22.1. The molecule has 0 aliphatic heterocycles. The average Bonchev–Trinajstić information content (AvgIpc) is 3.19. The zero-order valence-corrected chi connectivity index (χ0v) is 17.5.